The average Bonchev–Trinajstić information content (AvgIpc) is 2.47. The van der Waals surface area contributed by atoms with E-state index in [0.29, 0.717) is 12.6 Å². The van der Waals surface area contributed by atoms with E-state index in [1.807, 2.05) is 25.1 Å². The number of ether oxygens (including phenoxy) is 1. The van der Waals surface area contributed by atoms with E-state index in [1.54, 1.807) is 4.90 Å². The van der Waals surface area contributed by atoms with Gasteiger partial charge in [0.1, 0.15) is 0 Å². The van der Waals surface area contributed by atoms with Gasteiger partial charge in [0.2, 0.25) is 0 Å². The molecule has 0 aliphatic carbocycles. The van der Waals surface area contributed by atoms with Crippen LogP contribution in [0.1, 0.15) is 19.4 Å². The van der Waals surface area contributed by atoms with Crippen LogP contribution in [0, 0.1) is 0 Å². The SMILES string of the molecule is CCOC(=O)N1CCN(C(C)Cc2cccc(N)c2)CC1. The minimum absolute atomic E-state index is 0.194. The molecule has 1 heterocycles. The number of rotatable bonds is 4. The summed E-state index contributed by atoms with van der Waals surface area (Å²) in [5.74, 6) is 0. The highest BCUT2D eigenvalue weighted by Crippen LogP contribution is 2.14. The molecule has 21 heavy (non-hydrogen) atoms. The molecule has 0 radical (unpaired) electrons. The Morgan fingerprint density at radius 2 is 2.05 bits per heavy atom. The predicted octanol–water partition coefficient (Wildman–Crippen LogP) is 1.97. The van der Waals surface area contributed by atoms with Gasteiger partial charge in [0.05, 0.1) is 6.61 Å². The molecule has 1 atom stereocenters. The first kappa shape index (κ1) is 15.6. The van der Waals surface area contributed by atoms with Gasteiger partial charge < -0.3 is 15.4 Å². The van der Waals surface area contributed by atoms with Gasteiger partial charge in [-0.1, -0.05) is 12.1 Å². The largest absolute Gasteiger partial charge is 0.450 e. The minimum Gasteiger partial charge on any atom is -0.450 e. The highest BCUT2D eigenvalue weighted by atomic mass is 16.6. The summed E-state index contributed by atoms with van der Waals surface area (Å²) in [6, 6.07) is 8.49. The molecule has 2 N–H and O–H groups in total. The molecular formula is C16H25N3O2. The Hall–Kier alpha value is -1.75. The summed E-state index contributed by atoms with van der Waals surface area (Å²) in [6.07, 6.45) is 0.783. The van der Waals surface area contributed by atoms with Crippen molar-refractivity contribution in [3.63, 3.8) is 0 Å². The zero-order chi connectivity index (χ0) is 15.2. The quantitative estimate of drug-likeness (QED) is 0.862. The van der Waals surface area contributed by atoms with Crippen molar-refractivity contribution in [2.75, 3.05) is 38.5 Å². The molecule has 116 valence electrons. The van der Waals surface area contributed by atoms with Crippen molar-refractivity contribution in [1.29, 1.82) is 0 Å². The first-order valence-electron chi connectivity index (χ1n) is 7.60. The smallest absolute Gasteiger partial charge is 0.409 e. The molecular weight excluding hydrogens is 266 g/mol. The first-order valence-corrected chi connectivity index (χ1v) is 7.60. The fourth-order valence-electron chi connectivity index (χ4n) is 2.75. The van der Waals surface area contributed by atoms with Gasteiger partial charge in [0, 0.05) is 37.9 Å². The molecule has 1 aliphatic heterocycles. The van der Waals surface area contributed by atoms with Crippen LogP contribution in [0.15, 0.2) is 24.3 Å². The van der Waals surface area contributed by atoms with Crippen molar-refractivity contribution < 1.29 is 9.53 Å². The van der Waals surface area contributed by atoms with E-state index in [0.717, 1.165) is 38.3 Å². The molecule has 5 nitrogen and oxygen atoms in total. The summed E-state index contributed by atoms with van der Waals surface area (Å²) in [5.41, 5.74) is 7.89. The number of anilines is 1. The number of nitrogen functional groups attached to an aromatic ring is 1. The van der Waals surface area contributed by atoms with Crippen LogP contribution in [0.2, 0.25) is 0 Å². The molecule has 2 rings (SSSR count). The van der Waals surface area contributed by atoms with Crippen molar-refractivity contribution >= 4 is 11.8 Å². The number of piperazine rings is 1. The fourth-order valence-corrected chi connectivity index (χ4v) is 2.75. The highest BCUT2D eigenvalue weighted by molar-refractivity contribution is 5.67. The summed E-state index contributed by atoms with van der Waals surface area (Å²) in [7, 11) is 0. The zero-order valence-electron chi connectivity index (χ0n) is 12.9. The van der Waals surface area contributed by atoms with Gasteiger partial charge in [-0.05, 0) is 38.0 Å². The summed E-state index contributed by atoms with van der Waals surface area (Å²) < 4.78 is 5.04. The van der Waals surface area contributed by atoms with Gasteiger partial charge in [-0.25, -0.2) is 4.79 Å². The van der Waals surface area contributed by atoms with E-state index in [-0.39, 0.29) is 6.09 Å². The number of hydrogen-bond donors (Lipinski definition) is 1. The van der Waals surface area contributed by atoms with E-state index >= 15 is 0 Å². The Morgan fingerprint density at radius 1 is 1.33 bits per heavy atom. The lowest BCUT2D eigenvalue weighted by molar-refractivity contribution is 0.0687. The lowest BCUT2D eigenvalue weighted by Crippen LogP contribution is -2.51. The lowest BCUT2D eigenvalue weighted by Gasteiger charge is -2.37. The number of nitrogens with zero attached hydrogens (tertiary/aromatic N) is 2. The molecule has 0 aromatic heterocycles. The third kappa shape index (κ3) is 4.36. The van der Waals surface area contributed by atoms with E-state index < -0.39 is 0 Å². The maximum Gasteiger partial charge on any atom is 0.409 e. The number of carbonyl (C=O) groups is 1. The van der Waals surface area contributed by atoms with Crippen molar-refractivity contribution in [2.45, 2.75) is 26.3 Å². The molecule has 1 saturated heterocycles. The van der Waals surface area contributed by atoms with Crippen molar-refractivity contribution in [1.82, 2.24) is 9.80 Å². The molecule has 5 heteroatoms. The normalized spacial score (nSPS) is 17.5. The van der Waals surface area contributed by atoms with Crippen LogP contribution >= 0.6 is 0 Å². The van der Waals surface area contributed by atoms with E-state index in [4.69, 9.17) is 10.5 Å². The summed E-state index contributed by atoms with van der Waals surface area (Å²) in [5, 5.41) is 0. The van der Waals surface area contributed by atoms with Crippen molar-refractivity contribution in [3.8, 4) is 0 Å². The maximum atomic E-state index is 11.7. The molecule has 0 bridgehead atoms. The van der Waals surface area contributed by atoms with Crippen LogP contribution in [0.25, 0.3) is 0 Å². The Bertz CT molecular complexity index is 470. The van der Waals surface area contributed by atoms with Crippen LogP contribution < -0.4 is 5.73 Å². The third-order valence-corrected chi connectivity index (χ3v) is 3.95. The lowest BCUT2D eigenvalue weighted by atomic mass is 10.0. The van der Waals surface area contributed by atoms with Gasteiger partial charge in [-0.3, -0.25) is 4.90 Å². The molecule has 1 aromatic rings. The molecule has 1 unspecified atom stereocenters. The van der Waals surface area contributed by atoms with Gasteiger partial charge in [0.25, 0.3) is 0 Å². The predicted molar refractivity (Wildman–Crippen MR) is 84.2 cm³/mol. The minimum atomic E-state index is -0.194. The second-order valence-electron chi connectivity index (χ2n) is 5.52. The average molecular weight is 291 g/mol. The first-order chi connectivity index (χ1) is 10.1. The van der Waals surface area contributed by atoms with E-state index in [1.165, 1.54) is 5.56 Å². The van der Waals surface area contributed by atoms with Crippen LogP contribution in [0.5, 0.6) is 0 Å². The fraction of sp³-hybridized carbons (Fsp3) is 0.562. The van der Waals surface area contributed by atoms with Crippen LogP contribution in [-0.2, 0) is 11.2 Å². The number of nitrogens with two attached hydrogens (primary N) is 1. The van der Waals surface area contributed by atoms with Crippen LogP contribution in [0.4, 0.5) is 10.5 Å². The molecule has 1 amide bonds. The molecule has 1 aromatic carbocycles. The van der Waals surface area contributed by atoms with E-state index in [9.17, 15) is 4.79 Å². The second kappa shape index (κ2) is 7.31. The Balaban J connectivity index is 1.83. The van der Waals surface area contributed by atoms with Crippen LogP contribution in [0.3, 0.4) is 0 Å². The number of amides is 1. The van der Waals surface area contributed by atoms with Crippen molar-refractivity contribution in [3.05, 3.63) is 29.8 Å². The number of carbonyl (C=O) groups excluding carboxylic acids is 1. The molecule has 1 aliphatic rings. The summed E-state index contributed by atoms with van der Waals surface area (Å²) in [6.45, 7) is 7.75. The summed E-state index contributed by atoms with van der Waals surface area (Å²) in [4.78, 5) is 15.9. The maximum absolute atomic E-state index is 11.7. The van der Waals surface area contributed by atoms with Gasteiger partial charge in [0.15, 0.2) is 0 Å². The monoisotopic (exact) mass is 291 g/mol. The molecule has 0 saturated carbocycles. The Kier molecular flexibility index (Phi) is 5.44. The van der Waals surface area contributed by atoms with Gasteiger partial charge in [-0.2, -0.15) is 0 Å². The third-order valence-electron chi connectivity index (χ3n) is 3.95. The zero-order valence-corrected chi connectivity index (χ0v) is 12.9. The van der Waals surface area contributed by atoms with Crippen LogP contribution in [-0.4, -0.2) is 54.7 Å². The number of hydrogen-bond acceptors (Lipinski definition) is 4. The standard InChI is InChI=1S/C16H25N3O2/c1-3-21-16(20)19-9-7-18(8-10-19)13(2)11-14-5-4-6-15(17)12-14/h4-6,12-13H,3,7-11,17H2,1-2H3. The van der Waals surface area contributed by atoms with E-state index in [2.05, 4.69) is 17.9 Å². The van der Waals surface area contributed by atoms with Crippen molar-refractivity contribution in [2.24, 2.45) is 0 Å². The topological polar surface area (TPSA) is 58.8 Å². The van der Waals surface area contributed by atoms with Gasteiger partial charge in [-0.15, -0.1) is 0 Å². The number of benzene rings is 1. The summed E-state index contributed by atoms with van der Waals surface area (Å²) >= 11 is 0. The second-order valence-corrected chi connectivity index (χ2v) is 5.52. The Morgan fingerprint density at radius 3 is 2.67 bits per heavy atom. The molecule has 1 fully saturated rings. The van der Waals surface area contributed by atoms with Gasteiger partial charge >= 0.3 is 6.09 Å². The highest BCUT2D eigenvalue weighted by Gasteiger charge is 2.24. The Labute approximate surface area is 126 Å². The molecule has 0 spiro atoms.